The first kappa shape index (κ1) is 23.6. The standard InChI is InChI=1S/C14H28O5S.Na.H/c1-3-4-5-6-7-8-9-10-11-12-14(15)19-13(2)20(16,17)18;;/h13H,3-12H2,1-2H3,(H,16,17,18);;. The molecule has 0 aliphatic heterocycles. The van der Waals surface area contributed by atoms with Gasteiger partial charge < -0.3 is 4.74 Å². The molecule has 1 unspecified atom stereocenters. The quantitative estimate of drug-likeness (QED) is 0.257. The van der Waals surface area contributed by atoms with Crippen LogP contribution in [0.5, 0.6) is 0 Å². The van der Waals surface area contributed by atoms with Crippen molar-refractivity contribution < 1.29 is 22.5 Å². The van der Waals surface area contributed by atoms with E-state index in [1.165, 1.54) is 38.5 Å². The molecule has 0 heterocycles. The van der Waals surface area contributed by atoms with E-state index in [1.807, 2.05) is 0 Å². The van der Waals surface area contributed by atoms with E-state index in [9.17, 15) is 13.2 Å². The molecule has 1 N–H and O–H groups in total. The second-order valence-electron chi connectivity index (χ2n) is 5.15. The third-order valence-electron chi connectivity index (χ3n) is 3.20. The van der Waals surface area contributed by atoms with Crippen LogP contribution in [0.4, 0.5) is 0 Å². The van der Waals surface area contributed by atoms with Gasteiger partial charge in [-0.2, -0.15) is 8.42 Å². The summed E-state index contributed by atoms with van der Waals surface area (Å²) < 4.78 is 34.6. The monoisotopic (exact) mass is 332 g/mol. The van der Waals surface area contributed by atoms with E-state index in [2.05, 4.69) is 11.7 Å². The Bertz CT molecular complexity index is 356. The maximum absolute atomic E-state index is 11.3. The van der Waals surface area contributed by atoms with Gasteiger partial charge in [0.2, 0.25) is 5.44 Å². The average molecular weight is 332 g/mol. The van der Waals surface area contributed by atoms with Gasteiger partial charge in [0.05, 0.1) is 0 Å². The third-order valence-corrected chi connectivity index (χ3v) is 4.14. The zero-order valence-corrected chi connectivity index (χ0v) is 13.5. The molecular formula is C14H29NaO5S. The second kappa shape index (κ2) is 14.0. The molecule has 122 valence electrons. The van der Waals surface area contributed by atoms with E-state index in [0.29, 0.717) is 6.42 Å². The van der Waals surface area contributed by atoms with Gasteiger partial charge in [-0.1, -0.05) is 58.3 Å². The molecule has 0 amide bonds. The van der Waals surface area contributed by atoms with Crippen LogP contribution in [-0.4, -0.2) is 53.9 Å². The van der Waals surface area contributed by atoms with E-state index >= 15 is 0 Å². The normalized spacial score (nSPS) is 12.5. The summed E-state index contributed by atoms with van der Waals surface area (Å²) in [6.07, 6.45) is 10.5. The van der Waals surface area contributed by atoms with Gasteiger partial charge >= 0.3 is 45.6 Å². The van der Waals surface area contributed by atoms with Crippen molar-refractivity contribution in [3.63, 3.8) is 0 Å². The summed E-state index contributed by atoms with van der Waals surface area (Å²) in [5, 5.41) is 0. The Morgan fingerprint density at radius 1 is 1.00 bits per heavy atom. The zero-order chi connectivity index (χ0) is 15.4. The second-order valence-corrected chi connectivity index (χ2v) is 6.84. The van der Waals surface area contributed by atoms with E-state index < -0.39 is 21.5 Å². The molecule has 0 spiro atoms. The van der Waals surface area contributed by atoms with Crippen LogP contribution in [-0.2, 0) is 19.6 Å². The van der Waals surface area contributed by atoms with Gasteiger partial charge in [-0.15, -0.1) is 0 Å². The number of ether oxygens (including phenoxy) is 1. The first-order chi connectivity index (χ1) is 9.38. The number of esters is 1. The summed E-state index contributed by atoms with van der Waals surface area (Å²) in [6.45, 7) is 3.34. The average Bonchev–Trinajstić information content (AvgIpc) is 2.35. The topological polar surface area (TPSA) is 80.7 Å². The Labute approximate surface area is 151 Å². The molecule has 21 heavy (non-hydrogen) atoms. The number of hydrogen-bond acceptors (Lipinski definition) is 4. The number of carbonyl (C=O) groups is 1. The fourth-order valence-corrected chi connectivity index (χ4v) is 2.11. The van der Waals surface area contributed by atoms with Crippen molar-refractivity contribution >= 4 is 45.6 Å². The molecule has 0 aromatic heterocycles. The van der Waals surface area contributed by atoms with Crippen molar-refractivity contribution in [2.75, 3.05) is 0 Å². The molecular weight excluding hydrogens is 303 g/mol. The van der Waals surface area contributed by atoms with Crippen molar-refractivity contribution in [2.24, 2.45) is 0 Å². The molecule has 7 heteroatoms. The van der Waals surface area contributed by atoms with E-state index in [4.69, 9.17) is 4.55 Å². The number of unbranched alkanes of at least 4 members (excludes halogenated alkanes) is 8. The Kier molecular flexibility index (Phi) is 15.8. The van der Waals surface area contributed by atoms with E-state index in [-0.39, 0.29) is 36.0 Å². The van der Waals surface area contributed by atoms with Gasteiger partial charge in [0, 0.05) is 6.42 Å². The van der Waals surface area contributed by atoms with Crippen molar-refractivity contribution in [1.29, 1.82) is 0 Å². The molecule has 0 aromatic carbocycles. The fourth-order valence-electron chi connectivity index (χ4n) is 1.88. The molecule has 0 aliphatic carbocycles. The van der Waals surface area contributed by atoms with Crippen molar-refractivity contribution in [2.45, 2.75) is 83.5 Å². The van der Waals surface area contributed by atoms with Gasteiger partial charge in [0.15, 0.2) is 0 Å². The predicted octanol–water partition coefficient (Wildman–Crippen LogP) is 3.04. The number of hydrogen-bond donors (Lipinski definition) is 1. The first-order valence-electron chi connectivity index (χ1n) is 7.53. The van der Waals surface area contributed by atoms with Crippen LogP contribution in [0.3, 0.4) is 0 Å². The Morgan fingerprint density at radius 2 is 1.43 bits per heavy atom. The van der Waals surface area contributed by atoms with Gasteiger partial charge in [0.25, 0.3) is 0 Å². The minimum absolute atomic E-state index is 0. The molecule has 0 aliphatic rings. The minimum atomic E-state index is -4.29. The van der Waals surface area contributed by atoms with Gasteiger partial charge in [0.1, 0.15) is 0 Å². The molecule has 0 saturated heterocycles. The van der Waals surface area contributed by atoms with Crippen LogP contribution < -0.4 is 0 Å². The van der Waals surface area contributed by atoms with Crippen molar-refractivity contribution in [3.8, 4) is 0 Å². The van der Waals surface area contributed by atoms with Gasteiger partial charge in [-0.25, -0.2) is 0 Å². The molecule has 0 radical (unpaired) electrons. The van der Waals surface area contributed by atoms with Crippen molar-refractivity contribution in [3.05, 3.63) is 0 Å². The maximum atomic E-state index is 11.3. The molecule has 0 rings (SSSR count). The molecule has 0 fully saturated rings. The van der Waals surface area contributed by atoms with Crippen LogP contribution >= 0.6 is 0 Å². The predicted molar refractivity (Wildman–Crippen MR) is 86.1 cm³/mol. The summed E-state index contributed by atoms with van der Waals surface area (Å²) in [5.41, 5.74) is -1.48. The Balaban J connectivity index is 0. The van der Waals surface area contributed by atoms with Crippen LogP contribution in [0, 0.1) is 0 Å². The first-order valence-corrected chi connectivity index (χ1v) is 9.04. The fraction of sp³-hybridized carbons (Fsp3) is 0.929. The molecule has 0 saturated carbocycles. The SMILES string of the molecule is CCCCCCCCCCCC(=O)OC(C)S(=O)(=O)O.[NaH]. The number of carbonyl (C=O) groups excluding carboxylic acids is 1. The molecule has 0 aromatic rings. The Hall–Kier alpha value is 0.380. The Morgan fingerprint density at radius 3 is 1.86 bits per heavy atom. The zero-order valence-electron chi connectivity index (χ0n) is 12.6. The van der Waals surface area contributed by atoms with Crippen LogP contribution in [0.2, 0.25) is 0 Å². The van der Waals surface area contributed by atoms with Gasteiger partial charge in [-0.3, -0.25) is 9.35 Å². The van der Waals surface area contributed by atoms with Crippen LogP contribution in [0.25, 0.3) is 0 Å². The summed E-state index contributed by atoms with van der Waals surface area (Å²) >= 11 is 0. The van der Waals surface area contributed by atoms with Gasteiger partial charge in [-0.05, 0) is 13.3 Å². The molecule has 1 atom stereocenters. The third kappa shape index (κ3) is 15.1. The number of rotatable bonds is 12. The summed E-state index contributed by atoms with van der Waals surface area (Å²) in [4.78, 5) is 11.3. The van der Waals surface area contributed by atoms with Crippen LogP contribution in [0.1, 0.15) is 78.1 Å². The van der Waals surface area contributed by atoms with E-state index in [0.717, 1.165) is 19.8 Å². The molecule has 5 nitrogen and oxygen atoms in total. The van der Waals surface area contributed by atoms with E-state index in [1.54, 1.807) is 0 Å². The summed E-state index contributed by atoms with van der Waals surface area (Å²) in [6, 6.07) is 0. The van der Waals surface area contributed by atoms with Crippen LogP contribution in [0.15, 0.2) is 0 Å². The molecule has 0 bridgehead atoms. The summed E-state index contributed by atoms with van der Waals surface area (Å²) in [5.74, 6) is -0.571. The summed E-state index contributed by atoms with van der Waals surface area (Å²) in [7, 11) is -4.29. The van der Waals surface area contributed by atoms with Crippen molar-refractivity contribution in [1.82, 2.24) is 0 Å².